The number of aliphatic hydroxyl groups is 2. The third-order valence-corrected chi connectivity index (χ3v) is 11.5. The molecule has 1 amide bonds. The Morgan fingerprint density at radius 2 is 0.897 bits per heavy atom. The highest BCUT2D eigenvalue weighted by atomic mass is 16.5. The zero-order valence-corrected chi connectivity index (χ0v) is 38.7. The summed E-state index contributed by atoms with van der Waals surface area (Å²) in [6.07, 6.45) is 53.4. The van der Waals surface area contributed by atoms with Crippen LogP contribution < -0.4 is 5.32 Å². The van der Waals surface area contributed by atoms with Crippen LogP contribution in [0.4, 0.5) is 0 Å². The maximum absolute atomic E-state index is 13.2. The summed E-state index contributed by atoms with van der Waals surface area (Å²) in [5, 5.41) is 23.7. The number of esters is 1. The predicted molar refractivity (Wildman–Crippen MR) is 250 cm³/mol. The van der Waals surface area contributed by atoms with Crippen LogP contribution in [0, 0.1) is 0 Å². The maximum Gasteiger partial charge on any atom is 0.306 e. The molecule has 0 aliphatic rings. The Morgan fingerprint density at radius 1 is 0.500 bits per heavy atom. The third kappa shape index (κ3) is 40.8. The van der Waals surface area contributed by atoms with Crippen LogP contribution in [0.2, 0.25) is 0 Å². The molecule has 6 heteroatoms. The third-order valence-electron chi connectivity index (χ3n) is 11.5. The van der Waals surface area contributed by atoms with E-state index in [0.29, 0.717) is 19.3 Å². The first-order chi connectivity index (χ1) is 28.5. The summed E-state index contributed by atoms with van der Waals surface area (Å²) >= 11 is 0. The van der Waals surface area contributed by atoms with Crippen molar-refractivity contribution in [2.24, 2.45) is 0 Å². The number of nitrogens with one attached hydrogen (secondary N) is 1. The number of amides is 1. The van der Waals surface area contributed by atoms with Gasteiger partial charge in [0.05, 0.1) is 25.2 Å². The Morgan fingerprint density at radius 3 is 1.40 bits per heavy atom. The second kappa shape index (κ2) is 46.2. The Balaban J connectivity index is 4.57. The van der Waals surface area contributed by atoms with Crippen molar-refractivity contribution in [1.82, 2.24) is 5.32 Å². The van der Waals surface area contributed by atoms with Gasteiger partial charge in [-0.05, 0) is 70.6 Å². The van der Waals surface area contributed by atoms with Gasteiger partial charge in [-0.3, -0.25) is 9.59 Å². The van der Waals surface area contributed by atoms with E-state index in [9.17, 15) is 19.8 Å². The van der Waals surface area contributed by atoms with Gasteiger partial charge in [0.2, 0.25) is 5.91 Å². The van der Waals surface area contributed by atoms with Crippen molar-refractivity contribution in [1.29, 1.82) is 0 Å². The molecule has 3 atom stereocenters. The zero-order chi connectivity index (χ0) is 42.4. The molecule has 0 aromatic carbocycles. The monoisotopic (exact) mass is 816 g/mol. The molecule has 0 heterocycles. The summed E-state index contributed by atoms with van der Waals surface area (Å²) in [5.74, 6) is -0.511. The number of unbranched alkanes of at least 4 members (excludes halogenated alkanes) is 28. The minimum Gasteiger partial charge on any atom is -0.462 e. The van der Waals surface area contributed by atoms with Gasteiger partial charge < -0.3 is 20.3 Å². The topological polar surface area (TPSA) is 95.9 Å². The van der Waals surface area contributed by atoms with Crippen molar-refractivity contribution in [3.05, 3.63) is 36.5 Å². The van der Waals surface area contributed by atoms with Gasteiger partial charge in [0.25, 0.3) is 0 Å². The molecule has 0 aromatic heterocycles. The van der Waals surface area contributed by atoms with Crippen LogP contribution in [0.25, 0.3) is 0 Å². The van der Waals surface area contributed by atoms with Gasteiger partial charge in [0, 0.05) is 6.42 Å². The fourth-order valence-corrected chi connectivity index (χ4v) is 7.60. The second-order valence-electron chi connectivity index (χ2n) is 17.2. The molecule has 3 N–H and O–H groups in total. The molecule has 3 unspecified atom stereocenters. The van der Waals surface area contributed by atoms with Crippen molar-refractivity contribution >= 4 is 11.9 Å². The lowest BCUT2D eigenvalue weighted by molar-refractivity contribution is -0.151. The van der Waals surface area contributed by atoms with Crippen LogP contribution in [-0.4, -0.2) is 46.9 Å². The Hall–Kier alpha value is -1.92. The van der Waals surface area contributed by atoms with Crippen LogP contribution in [0.5, 0.6) is 0 Å². The van der Waals surface area contributed by atoms with E-state index >= 15 is 0 Å². The van der Waals surface area contributed by atoms with Gasteiger partial charge in [-0.25, -0.2) is 0 Å². The normalized spacial score (nSPS) is 13.5. The van der Waals surface area contributed by atoms with Gasteiger partial charge in [-0.1, -0.05) is 211 Å². The highest BCUT2D eigenvalue weighted by molar-refractivity contribution is 5.77. The largest absolute Gasteiger partial charge is 0.462 e. The highest BCUT2D eigenvalue weighted by Crippen LogP contribution is 2.17. The second-order valence-corrected chi connectivity index (χ2v) is 17.2. The highest BCUT2D eigenvalue weighted by Gasteiger charge is 2.24. The number of allylic oxidation sites excluding steroid dienone is 6. The van der Waals surface area contributed by atoms with Gasteiger partial charge in [-0.15, -0.1) is 0 Å². The fourth-order valence-electron chi connectivity index (χ4n) is 7.60. The summed E-state index contributed by atoms with van der Waals surface area (Å²) < 4.78 is 5.90. The molecule has 0 aliphatic heterocycles. The van der Waals surface area contributed by atoms with Crippen LogP contribution >= 0.6 is 0 Å². The minimum absolute atomic E-state index is 0.0538. The van der Waals surface area contributed by atoms with E-state index in [1.54, 1.807) is 0 Å². The van der Waals surface area contributed by atoms with E-state index in [1.165, 1.54) is 148 Å². The minimum atomic E-state index is -0.793. The predicted octanol–water partition coefficient (Wildman–Crippen LogP) is 14.9. The van der Waals surface area contributed by atoms with Crippen LogP contribution in [0.15, 0.2) is 36.5 Å². The maximum atomic E-state index is 13.2. The van der Waals surface area contributed by atoms with Gasteiger partial charge >= 0.3 is 5.97 Å². The summed E-state index contributed by atoms with van der Waals surface area (Å²) in [6.45, 7) is 6.44. The van der Waals surface area contributed by atoms with E-state index in [0.717, 1.165) is 64.2 Å². The number of hydrogen-bond acceptors (Lipinski definition) is 5. The van der Waals surface area contributed by atoms with Crippen molar-refractivity contribution in [3.63, 3.8) is 0 Å². The number of ether oxygens (including phenoxy) is 1. The smallest absolute Gasteiger partial charge is 0.306 e. The quantitative estimate of drug-likeness (QED) is 0.0246. The summed E-state index contributed by atoms with van der Waals surface area (Å²) in [5.41, 5.74) is 0. The first-order valence-corrected chi connectivity index (χ1v) is 25.2. The molecule has 6 nitrogen and oxygen atoms in total. The van der Waals surface area contributed by atoms with Crippen LogP contribution in [-0.2, 0) is 14.3 Å². The molecule has 0 aromatic rings. The van der Waals surface area contributed by atoms with E-state index in [2.05, 4.69) is 62.5 Å². The number of rotatable bonds is 45. The van der Waals surface area contributed by atoms with E-state index in [1.807, 2.05) is 0 Å². The van der Waals surface area contributed by atoms with E-state index in [4.69, 9.17) is 4.74 Å². The number of aliphatic hydroxyl groups excluding tert-OH is 2. The Bertz CT molecular complexity index is 961. The first kappa shape index (κ1) is 56.1. The Labute approximate surface area is 360 Å². The molecule has 0 aliphatic carbocycles. The first-order valence-electron chi connectivity index (χ1n) is 25.2. The molecule has 0 bridgehead atoms. The van der Waals surface area contributed by atoms with Crippen molar-refractivity contribution in [2.75, 3.05) is 6.61 Å². The Kier molecular flexibility index (Phi) is 44.6. The summed E-state index contributed by atoms with van der Waals surface area (Å²) in [4.78, 5) is 26.1. The molecule has 0 spiro atoms. The summed E-state index contributed by atoms with van der Waals surface area (Å²) in [7, 11) is 0. The number of carbonyl (C=O) groups excluding carboxylic acids is 2. The van der Waals surface area contributed by atoms with Crippen LogP contribution in [0.3, 0.4) is 0 Å². The van der Waals surface area contributed by atoms with Crippen molar-refractivity contribution in [2.45, 2.75) is 277 Å². The fraction of sp³-hybridized carbons (Fsp3) is 0.846. The SMILES string of the molecule is CCCCC/C=C/C=C/CCCCCCCCC(=O)OC(CCC/C=C\CCCCCCCC)CC(=O)NC(CO)C(O)CCCCCCCCCCCCCCC. The van der Waals surface area contributed by atoms with Crippen molar-refractivity contribution in [3.8, 4) is 0 Å². The lowest BCUT2D eigenvalue weighted by atomic mass is 10.0. The lowest BCUT2D eigenvalue weighted by Gasteiger charge is -2.24. The molecular weight excluding hydrogens is 719 g/mol. The molecule has 58 heavy (non-hydrogen) atoms. The van der Waals surface area contributed by atoms with E-state index in [-0.39, 0.29) is 24.9 Å². The van der Waals surface area contributed by atoms with Crippen LogP contribution in [0.1, 0.15) is 258 Å². The summed E-state index contributed by atoms with van der Waals surface area (Å²) in [6, 6.07) is -0.709. The lowest BCUT2D eigenvalue weighted by Crippen LogP contribution is -2.46. The molecule has 0 radical (unpaired) electrons. The molecule has 0 saturated carbocycles. The molecule has 0 fully saturated rings. The standard InChI is InChI=1S/C52H97NO5/c1-4-7-10-13-16-19-22-24-25-27-30-33-36-39-42-45-52(57)58-48(43-40-37-34-31-28-21-18-15-12-9-6-3)46-51(56)53-49(47-54)50(55)44-41-38-35-32-29-26-23-20-17-14-11-8-5-2/h16,19,22,24,31,34,48-50,54-55H,4-15,17-18,20-21,23,25-30,32-33,35-47H2,1-3H3,(H,53,56)/b19-16+,24-22+,34-31-. The van der Waals surface area contributed by atoms with Crippen molar-refractivity contribution < 1.29 is 24.5 Å². The molecular formula is C52H97NO5. The average Bonchev–Trinajstić information content (AvgIpc) is 3.22. The molecule has 0 rings (SSSR count). The number of hydrogen-bond donors (Lipinski definition) is 3. The molecule has 0 saturated heterocycles. The van der Waals surface area contributed by atoms with Gasteiger partial charge in [0.1, 0.15) is 6.10 Å². The molecule has 340 valence electrons. The van der Waals surface area contributed by atoms with Gasteiger partial charge in [-0.2, -0.15) is 0 Å². The average molecular weight is 816 g/mol. The number of carbonyl (C=O) groups is 2. The van der Waals surface area contributed by atoms with Gasteiger partial charge in [0.15, 0.2) is 0 Å². The zero-order valence-electron chi connectivity index (χ0n) is 38.7. The van der Waals surface area contributed by atoms with E-state index < -0.39 is 18.2 Å².